The van der Waals surface area contributed by atoms with Gasteiger partial charge in [0.15, 0.2) is 17.1 Å². The van der Waals surface area contributed by atoms with E-state index in [0.29, 0.717) is 12.8 Å². The lowest BCUT2D eigenvalue weighted by atomic mass is 9.84. The normalized spacial score (nSPS) is 16.7. The molecule has 2 aliphatic heterocycles. The van der Waals surface area contributed by atoms with Crippen molar-refractivity contribution in [2.24, 2.45) is 0 Å². The molecule has 0 spiro atoms. The van der Waals surface area contributed by atoms with E-state index < -0.39 is 42.0 Å². The number of piperidine rings is 1. The molecule has 1 aromatic heterocycles. The van der Waals surface area contributed by atoms with Crippen molar-refractivity contribution in [2.45, 2.75) is 69.6 Å². The average molecular weight is 550 g/mol. The Morgan fingerprint density at radius 1 is 1.03 bits per heavy atom. The van der Waals surface area contributed by atoms with Crippen molar-refractivity contribution >= 4 is 17.9 Å². The van der Waals surface area contributed by atoms with Gasteiger partial charge in [0.1, 0.15) is 0 Å². The van der Waals surface area contributed by atoms with Crippen LogP contribution in [0.5, 0.6) is 11.5 Å². The van der Waals surface area contributed by atoms with E-state index in [0.717, 1.165) is 36.7 Å². The molecule has 4 rings (SSSR count). The second-order valence-corrected chi connectivity index (χ2v) is 10.9. The zero-order chi connectivity index (χ0) is 29.0. The Kier molecular flexibility index (Phi) is 8.88. The molecule has 2 aromatic rings. The molecule has 0 atom stereocenters. The van der Waals surface area contributed by atoms with Crippen LogP contribution in [-0.4, -0.2) is 84.0 Å². The summed E-state index contributed by atoms with van der Waals surface area (Å²) in [5.74, 6) is -3.54. The number of likely N-dealkylation sites (tertiary alicyclic amines) is 1. The average Bonchev–Trinajstić information content (AvgIpc) is 3.49. The number of aromatic nitrogens is 2. The van der Waals surface area contributed by atoms with Crippen LogP contribution in [0.25, 0.3) is 0 Å². The molecule has 13 nitrogen and oxygen atoms in total. The summed E-state index contributed by atoms with van der Waals surface area (Å²) in [4.78, 5) is 32.9. The van der Waals surface area contributed by atoms with Gasteiger partial charge in [0.2, 0.25) is 6.79 Å². The standard InChI is InChI=1S/C20H27N3O3.C6H8O7/c1-19(2,3)18-14(11-21-22-18)12-23-8-6-20(24,7-9-23)15-4-5-16-17(10-15)26-13-25-16;7-3(8)1-6(13,5(11)12)2-4(9)10/h4-5,10-11,24H,6-9,12-13H2,1-3H3,(H,21,22);13H,1-2H2,(H,7,8)(H,9,10)(H,11,12). The Balaban J connectivity index is 0.000000276. The van der Waals surface area contributed by atoms with Gasteiger partial charge < -0.3 is 35.0 Å². The molecule has 1 aromatic carbocycles. The van der Waals surface area contributed by atoms with Crippen LogP contribution in [0.1, 0.15) is 63.3 Å². The Labute approximate surface area is 225 Å². The van der Waals surface area contributed by atoms with Crippen LogP contribution in [0.4, 0.5) is 0 Å². The summed E-state index contributed by atoms with van der Waals surface area (Å²) in [7, 11) is 0. The zero-order valence-electron chi connectivity index (χ0n) is 22.1. The summed E-state index contributed by atoms with van der Waals surface area (Å²) in [5.41, 5.74) is -0.145. The molecule has 6 N–H and O–H groups in total. The lowest BCUT2D eigenvalue weighted by Gasteiger charge is -2.38. The van der Waals surface area contributed by atoms with Crippen LogP contribution in [0.3, 0.4) is 0 Å². The number of carboxylic acid groups (broad SMARTS) is 3. The summed E-state index contributed by atoms with van der Waals surface area (Å²) in [6, 6.07) is 5.77. The Hall–Kier alpha value is -3.68. The Bertz CT molecular complexity index is 1180. The van der Waals surface area contributed by atoms with Crippen LogP contribution >= 0.6 is 0 Å². The highest BCUT2D eigenvalue weighted by molar-refractivity contribution is 5.88. The van der Waals surface area contributed by atoms with Gasteiger partial charge in [-0.3, -0.25) is 19.6 Å². The molecule has 0 amide bonds. The molecular formula is C26H35N3O10. The van der Waals surface area contributed by atoms with E-state index in [1.54, 1.807) is 0 Å². The number of nitrogens with one attached hydrogen (secondary N) is 1. The van der Waals surface area contributed by atoms with Gasteiger partial charge in [-0.05, 0) is 30.5 Å². The fourth-order valence-electron chi connectivity index (χ4n) is 4.59. The third kappa shape index (κ3) is 7.46. The lowest BCUT2D eigenvalue weighted by Crippen LogP contribution is -2.42. The number of ether oxygens (including phenoxy) is 2. The number of rotatable bonds is 8. The SMILES string of the molecule is CC(C)(C)c1[nH]ncc1CN1CCC(O)(c2ccc3c(c2)OCO3)CC1.O=C(O)CC(O)(CC(=O)O)C(=O)O. The molecule has 2 aliphatic rings. The third-order valence-corrected chi connectivity index (χ3v) is 6.74. The summed E-state index contributed by atoms with van der Waals surface area (Å²) in [6.45, 7) is 9.39. The highest BCUT2D eigenvalue weighted by Gasteiger charge is 2.41. The maximum atomic E-state index is 11.2. The van der Waals surface area contributed by atoms with Crippen LogP contribution in [0.15, 0.2) is 24.4 Å². The van der Waals surface area contributed by atoms with Gasteiger partial charge in [0.25, 0.3) is 0 Å². The topological polar surface area (TPSA) is 203 Å². The van der Waals surface area contributed by atoms with E-state index in [1.165, 1.54) is 11.3 Å². The summed E-state index contributed by atoms with van der Waals surface area (Å²) < 4.78 is 10.8. The first-order valence-corrected chi connectivity index (χ1v) is 12.4. The smallest absolute Gasteiger partial charge is 0.336 e. The molecule has 0 aliphatic carbocycles. The number of benzene rings is 1. The summed E-state index contributed by atoms with van der Waals surface area (Å²) in [6.07, 6.45) is 1.05. The Morgan fingerprint density at radius 2 is 1.62 bits per heavy atom. The van der Waals surface area contributed by atoms with Crippen molar-refractivity contribution in [3.05, 3.63) is 41.2 Å². The fraction of sp³-hybridized carbons (Fsp3) is 0.538. The summed E-state index contributed by atoms with van der Waals surface area (Å²) in [5, 5.41) is 52.4. The van der Waals surface area contributed by atoms with Crippen LogP contribution < -0.4 is 9.47 Å². The van der Waals surface area contributed by atoms with E-state index in [1.807, 2.05) is 24.4 Å². The third-order valence-electron chi connectivity index (χ3n) is 6.74. The first-order chi connectivity index (χ1) is 18.1. The minimum Gasteiger partial charge on any atom is -0.481 e. The number of aliphatic carboxylic acids is 3. The molecule has 214 valence electrons. The molecule has 13 heteroatoms. The zero-order valence-corrected chi connectivity index (χ0v) is 22.1. The molecule has 1 saturated heterocycles. The van der Waals surface area contributed by atoms with Crippen molar-refractivity contribution in [3.8, 4) is 11.5 Å². The minimum absolute atomic E-state index is 0.0504. The van der Waals surface area contributed by atoms with Gasteiger partial charge in [-0.25, -0.2) is 4.79 Å². The van der Waals surface area contributed by atoms with Crippen molar-refractivity contribution in [1.29, 1.82) is 0 Å². The number of nitrogens with zero attached hydrogens (tertiary/aromatic N) is 2. The lowest BCUT2D eigenvalue weighted by molar-refractivity contribution is -0.170. The van der Waals surface area contributed by atoms with E-state index in [4.69, 9.17) is 29.9 Å². The molecule has 39 heavy (non-hydrogen) atoms. The van der Waals surface area contributed by atoms with Gasteiger partial charge in [-0.2, -0.15) is 5.10 Å². The largest absolute Gasteiger partial charge is 0.481 e. The molecule has 1 fully saturated rings. The number of H-pyrrole nitrogens is 1. The number of hydrogen-bond acceptors (Lipinski definition) is 9. The molecule has 0 unspecified atom stereocenters. The predicted molar refractivity (Wildman–Crippen MR) is 135 cm³/mol. The van der Waals surface area contributed by atoms with Gasteiger partial charge in [0, 0.05) is 36.3 Å². The van der Waals surface area contributed by atoms with E-state index in [9.17, 15) is 19.5 Å². The highest BCUT2D eigenvalue weighted by atomic mass is 16.7. The summed E-state index contributed by atoms with van der Waals surface area (Å²) >= 11 is 0. The second kappa shape index (κ2) is 11.6. The first-order valence-electron chi connectivity index (χ1n) is 12.4. The Morgan fingerprint density at radius 3 is 2.15 bits per heavy atom. The number of fused-ring (bicyclic) bond motifs is 1. The number of aliphatic hydroxyl groups is 2. The number of aromatic amines is 1. The molecule has 0 bridgehead atoms. The second-order valence-electron chi connectivity index (χ2n) is 10.9. The van der Waals surface area contributed by atoms with Crippen LogP contribution in [-0.2, 0) is 31.9 Å². The van der Waals surface area contributed by atoms with Crippen molar-refractivity contribution in [1.82, 2.24) is 15.1 Å². The molecule has 0 saturated carbocycles. The van der Waals surface area contributed by atoms with Crippen molar-refractivity contribution < 1.29 is 49.4 Å². The first kappa shape index (κ1) is 29.9. The number of carbonyl (C=O) groups is 3. The molecular weight excluding hydrogens is 514 g/mol. The fourth-order valence-corrected chi connectivity index (χ4v) is 4.59. The van der Waals surface area contributed by atoms with Crippen molar-refractivity contribution in [2.75, 3.05) is 19.9 Å². The predicted octanol–water partition coefficient (Wildman–Crippen LogP) is 1.67. The van der Waals surface area contributed by atoms with Crippen LogP contribution in [0, 0.1) is 0 Å². The highest BCUT2D eigenvalue weighted by Crippen LogP contribution is 2.40. The monoisotopic (exact) mass is 549 g/mol. The van der Waals surface area contributed by atoms with E-state index >= 15 is 0 Å². The van der Waals surface area contributed by atoms with E-state index in [-0.39, 0.29) is 12.2 Å². The molecule has 0 radical (unpaired) electrons. The van der Waals surface area contributed by atoms with Gasteiger partial charge in [-0.1, -0.05) is 26.8 Å². The van der Waals surface area contributed by atoms with Gasteiger partial charge >= 0.3 is 17.9 Å². The van der Waals surface area contributed by atoms with Gasteiger partial charge in [-0.15, -0.1) is 0 Å². The minimum atomic E-state index is -2.74. The maximum Gasteiger partial charge on any atom is 0.336 e. The van der Waals surface area contributed by atoms with E-state index in [2.05, 4.69) is 35.9 Å². The number of carboxylic acids is 3. The molecule has 3 heterocycles. The number of hydrogen-bond donors (Lipinski definition) is 6. The van der Waals surface area contributed by atoms with Gasteiger partial charge in [0.05, 0.1) is 24.6 Å². The van der Waals surface area contributed by atoms with Crippen molar-refractivity contribution in [3.63, 3.8) is 0 Å². The maximum absolute atomic E-state index is 11.2. The quantitative estimate of drug-likeness (QED) is 0.278. The van der Waals surface area contributed by atoms with Crippen LogP contribution in [0.2, 0.25) is 0 Å².